The fourth-order valence-electron chi connectivity index (χ4n) is 2.53. The number of aryl methyl sites for hydroxylation is 1. The standard InChI is InChI=1S/C14H21FN2O2S.ClH/c1-11-8-12(15)4-5-13(11)20(18,19)17-10-14(2)6-3-7-16-9-14;/h4-5,8,16-17H,3,6-7,9-10H2,1-2H3;1H. The number of benzene rings is 1. The predicted molar refractivity (Wildman–Crippen MR) is 83.8 cm³/mol. The number of hydrogen-bond acceptors (Lipinski definition) is 3. The molecule has 1 aliphatic heterocycles. The van der Waals surface area contributed by atoms with Gasteiger partial charge in [0.1, 0.15) is 5.82 Å². The number of halogens is 2. The molecule has 1 saturated heterocycles. The minimum atomic E-state index is -3.59. The molecule has 2 rings (SSSR count). The molecule has 7 heteroatoms. The van der Waals surface area contributed by atoms with Gasteiger partial charge >= 0.3 is 0 Å². The lowest BCUT2D eigenvalue weighted by atomic mass is 9.83. The third kappa shape index (κ3) is 4.64. The molecule has 2 N–H and O–H groups in total. The van der Waals surface area contributed by atoms with Crippen molar-refractivity contribution >= 4 is 22.4 Å². The monoisotopic (exact) mass is 336 g/mol. The molecule has 0 spiro atoms. The molecule has 0 amide bonds. The Morgan fingerprint density at radius 3 is 2.71 bits per heavy atom. The molecule has 1 aliphatic rings. The highest BCUT2D eigenvalue weighted by molar-refractivity contribution is 7.89. The van der Waals surface area contributed by atoms with Crippen molar-refractivity contribution in [1.82, 2.24) is 10.0 Å². The maximum absolute atomic E-state index is 13.0. The summed E-state index contributed by atoms with van der Waals surface area (Å²) in [7, 11) is -3.59. The van der Waals surface area contributed by atoms with Gasteiger partial charge in [-0.05, 0) is 55.5 Å². The van der Waals surface area contributed by atoms with Gasteiger partial charge in [0, 0.05) is 13.1 Å². The number of nitrogens with one attached hydrogen (secondary N) is 2. The molecule has 1 aromatic carbocycles. The molecule has 0 radical (unpaired) electrons. The van der Waals surface area contributed by atoms with Crippen LogP contribution in [0.15, 0.2) is 23.1 Å². The van der Waals surface area contributed by atoms with Crippen LogP contribution in [0.1, 0.15) is 25.3 Å². The van der Waals surface area contributed by atoms with E-state index in [-0.39, 0.29) is 22.7 Å². The van der Waals surface area contributed by atoms with E-state index < -0.39 is 15.8 Å². The van der Waals surface area contributed by atoms with Gasteiger partial charge in [0.15, 0.2) is 0 Å². The quantitative estimate of drug-likeness (QED) is 0.886. The van der Waals surface area contributed by atoms with Crippen molar-refractivity contribution in [2.24, 2.45) is 5.41 Å². The fourth-order valence-corrected chi connectivity index (χ4v) is 3.95. The normalized spacial score (nSPS) is 22.6. The Kier molecular flexibility index (Phi) is 6.16. The zero-order valence-electron chi connectivity index (χ0n) is 12.3. The van der Waals surface area contributed by atoms with Crippen LogP contribution in [0.2, 0.25) is 0 Å². The van der Waals surface area contributed by atoms with Crippen molar-refractivity contribution < 1.29 is 12.8 Å². The highest BCUT2D eigenvalue weighted by Crippen LogP contribution is 2.25. The maximum atomic E-state index is 13.0. The van der Waals surface area contributed by atoms with E-state index in [0.717, 1.165) is 25.9 Å². The summed E-state index contributed by atoms with van der Waals surface area (Å²) in [6.07, 6.45) is 2.04. The second-order valence-corrected chi connectivity index (χ2v) is 7.56. The molecule has 21 heavy (non-hydrogen) atoms. The van der Waals surface area contributed by atoms with Gasteiger partial charge in [-0.15, -0.1) is 12.4 Å². The predicted octanol–water partition coefficient (Wildman–Crippen LogP) is 2.22. The lowest BCUT2D eigenvalue weighted by Crippen LogP contribution is -2.45. The van der Waals surface area contributed by atoms with E-state index >= 15 is 0 Å². The zero-order valence-corrected chi connectivity index (χ0v) is 13.9. The third-order valence-corrected chi connectivity index (χ3v) is 5.36. The van der Waals surface area contributed by atoms with Crippen molar-refractivity contribution in [3.63, 3.8) is 0 Å². The van der Waals surface area contributed by atoms with Gasteiger partial charge in [0.2, 0.25) is 10.0 Å². The number of piperidine rings is 1. The minimum Gasteiger partial charge on any atom is -0.316 e. The highest BCUT2D eigenvalue weighted by atomic mass is 35.5. The first-order valence-electron chi connectivity index (χ1n) is 6.79. The molecule has 0 aromatic heterocycles. The molecule has 1 aromatic rings. The first-order valence-corrected chi connectivity index (χ1v) is 8.27. The maximum Gasteiger partial charge on any atom is 0.240 e. The van der Waals surface area contributed by atoms with Gasteiger partial charge in [0.05, 0.1) is 4.90 Å². The van der Waals surface area contributed by atoms with Crippen LogP contribution in [-0.4, -0.2) is 28.1 Å². The first kappa shape index (κ1) is 18.4. The van der Waals surface area contributed by atoms with Crippen LogP contribution in [-0.2, 0) is 10.0 Å². The highest BCUT2D eigenvalue weighted by Gasteiger charge is 2.29. The van der Waals surface area contributed by atoms with Gasteiger partial charge in [-0.2, -0.15) is 0 Å². The topological polar surface area (TPSA) is 58.2 Å². The summed E-state index contributed by atoms with van der Waals surface area (Å²) in [5.41, 5.74) is 0.351. The van der Waals surface area contributed by atoms with Gasteiger partial charge in [-0.3, -0.25) is 0 Å². The molecule has 1 heterocycles. The van der Waals surface area contributed by atoms with E-state index in [1.807, 2.05) is 0 Å². The molecule has 0 bridgehead atoms. The second kappa shape index (κ2) is 7.05. The van der Waals surface area contributed by atoms with Gasteiger partial charge in [-0.1, -0.05) is 6.92 Å². The number of sulfonamides is 1. The summed E-state index contributed by atoms with van der Waals surface area (Å²) in [5.74, 6) is -0.426. The second-order valence-electron chi connectivity index (χ2n) is 5.83. The lowest BCUT2D eigenvalue weighted by Gasteiger charge is -2.34. The summed E-state index contributed by atoms with van der Waals surface area (Å²) in [6.45, 7) is 5.84. The molecule has 1 atom stereocenters. The van der Waals surface area contributed by atoms with Crippen molar-refractivity contribution in [3.8, 4) is 0 Å². The van der Waals surface area contributed by atoms with Gasteiger partial charge < -0.3 is 5.32 Å². The summed E-state index contributed by atoms with van der Waals surface area (Å²) < 4.78 is 40.3. The summed E-state index contributed by atoms with van der Waals surface area (Å²) in [4.78, 5) is 0.145. The van der Waals surface area contributed by atoms with Crippen LogP contribution in [0.5, 0.6) is 0 Å². The van der Waals surface area contributed by atoms with Crippen LogP contribution < -0.4 is 10.0 Å². The van der Waals surface area contributed by atoms with E-state index in [2.05, 4.69) is 17.0 Å². The third-order valence-electron chi connectivity index (χ3n) is 3.80. The van der Waals surface area contributed by atoms with Crippen LogP contribution >= 0.6 is 12.4 Å². The van der Waals surface area contributed by atoms with Gasteiger partial charge in [-0.25, -0.2) is 17.5 Å². The molecule has 1 unspecified atom stereocenters. The SMILES string of the molecule is Cc1cc(F)ccc1S(=O)(=O)NCC1(C)CCCNC1.Cl. The van der Waals surface area contributed by atoms with Crippen molar-refractivity contribution in [2.75, 3.05) is 19.6 Å². The molecule has 0 aliphatic carbocycles. The molecule has 0 saturated carbocycles. The number of hydrogen-bond donors (Lipinski definition) is 2. The van der Waals surface area contributed by atoms with E-state index in [1.165, 1.54) is 18.2 Å². The van der Waals surface area contributed by atoms with Crippen molar-refractivity contribution in [3.05, 3.63) is 29.6 Å². The Morgan fingerprint density at radius 1 is 1.43 bits per heavy atom. The summed E-state index contributed by atoms with van der Waals surface area (Å²) in [6, 6.07) is 3.72. The Labute approximate surface area is 132 Å². The molecular weight excluding hydrogens is 315 g/mol. The average molecular weight is 337 g/mol. The van der Waals surface area contributed by atoms with Gasteiger partial charge in [0.25, 0.3) is 0 Å². The minimum absolute atomic E-state index is 0. The van der Waals surface area contributed by atoms with Crippen LogP contribution in [0.4, 0.5) is 4.39 Å². The zero-order chi connectivity index (χ0) is 14.8. The lowest BCUT2D eigenvalue weighted by molar-refractivity contribution is 0.238. The Balaban J connectivity index is 0.00000220. The van der Waals surface area contributed by atoms with Crippen LogP contribution in [0.3, 0.4) is 0 Å². The van der Waals surface area contributed by atoms with E-state index in [4.69, 9.17) is 0 Å². The van der Waals surface area contributed by atoms with Crippen molar-refractivity contribution in [2.45, 2.75) is 31.6 Å². The molecule has 4 nitrogen and oxygen atoms in total. The molecule has 1 fully saturated rings. The molecular formula is C14H22ClFN2O2S. The van der Waals surface area contributed by atoms with E-state index in [9.17, 15) is 12.8 Å². The number of rotatable bonds is 4. The summed E-state index contributed by atoms with van der Waals surface area (Å²) >= 11 is 0. The van der Waals surface area contributed by atoms with E-state index in [0.29, 0.717) is 12.1 Å². The van der Waals surface area contributed by atoms with Crippen LogP contribution in [0.25, 0.3) is 0 Å². The molecule has 120 valence electrons. The van der Waals surface area contributed by atoms with Crippen molar-refractivity contribution in [1.29, 1.82) is 0 Å². The Hall–Kier alpha value is -0.690. The fraction of sp³-hybridized carbons (Fsp3) is 0.571. The average Bonchev–Trinajstić information content (AvgIpc) is 2.37. The van der Waals surface area contributed by atoms with E-state index in [1.54, 1.807) is 6.92 Å². The largest absolute Gasteiger partial charge is 0.316 e. The Bertz CT molecular complexity index is 587. The summed E-state index contributed by atoms with van der Waals surface area (Å²) in [5, 5.41) is 3.29. The smallest absolute Gasteiger partial charge is 0.240 e. The first-order chi connectivity index (χ1) is 9.32. The Morgan fingerprint density at radius 2 is 2.14 bits per heavy atom. The van der Waals surface area contributed by atoms with Crippen LogP contribution in [0, 0.1) is 18.2 Å².